The van der Waals surface area contributed by atoms with Gasteiger partial charge in [-0.3, -0.25) is 9.48 Å². The third kappa shape index (κ3) is 3.73. The summed E-state index contributed by atoms with van der Waals surface area (Å²) in [6.45, 7) is 6.21. The largest absolute Gasteiger partial charge is 0.345 e. The van der Waals surface area contributed by atoms with E-state index in [0.29, 0.717) is 0 Å². The molecule has 3 aromatic rings. The summed E-state index contributed by atoms with van der Waals surface area (Å²) in [6, 6.07) is 4.01. The van der Waals surface area contributed by atoms with Crippen molar-refractivity contribution in [3.05, 3.63) is 55.9 Å². The van der Waals surface area contributed by atoms with Gasteiger partial charge in [-0.15, -0.1) is 22.7 Å². The second kappa shape index (κ2) is 7.27. The van der Waals surface area contributed by atoms with Gasteiger partial charge in [0, 0.05) is 28.6 Å². The first-order chi connectivity index (χ1) is 11.5. The van der Waals surface area contributed by atoms with Crippen LogP contribution in [-0.4, -0.2) is 20.7 Å². The van der Waals surface area contributed by atoms with E-state index < -0.39 is 0 Å². The van der Waals surface area contributed by atoms with E-state index in [1.54, 1.807) is 33.6 Å². The van der Waals surface area contributed by atoms with Crippen LogP contribution in [0.1, 0.15) is 32.9 Å². The van der Waals surface area contributed by atoms with Crippen LogP contribution in [0.2, 0.25) is 0 Å². The lowest BCUT2D eigenvalue weighted by Gasteiger charge is -2.16. The molecule has 0 fully saturated rings. The van der Waals surface area contributed by atoms with Gasteiger partial charge in [0.15, 0.2) is 0 Å². The molecule has 1 amide bonds. The Morgan fingerprint density at radius 1 is 1.29 bits per heavy atom. The Hall–Kier alpha value is -1.99. The first-order valence-electron chi connectivity index (χ1n) is 7.76. The van der Waals surface area contributed by atoms with Crippen LogP contribution in [0.25, 0.3) is 0 Å². The van der Waals surface area contributed by atoms with Gasteiger partial charge in [0.2, 0.25) is 5.91 Å². The van der Waals surface area contributed by atoms with Crippen LogP contribution in [0.15, 0.2) is 29.1 Å². The quantitative estimate of drug-likeness (QED) is 0.733. The highest BCUT2D eigenvalue weighted by Gasteiger charge is 2.19. The normalized spacial score (nSPS) is 12.3. The molecule has 0 aromatic carbocycles. The maximum Gasteiger partial charge on any atom is 0.242 e. The molecule has 0 radical (unpaired) electrons. The van der Waals surface area contributed by atoms with Gasteiger partial charge in [-0.1, -0.05) is 6.07 Å². The first-order valence-corrected chi connectivity index (χ1v) is 9.52. The van der Waals surface area contributed by atoms with Gasteiger partial charge in [-0.2, -0.15) is 5.10 Å². The van der Waals surface area contributed by atoms with Crippen molar-refractivity contribution in [2.45, 2.75) is 39.8 Å². The Morgan fingerprint density at radius 2 is 2.12 bits per heavy atom. The molecule has 0 aliphatic rings. The van der Waals surface area contributed by atoms with Gasteiger partial charge < -0.3 is 5.32 Å². The van der Waals surface area contributed by atoms with Gasteiger partial charge in [0.05, 0.1) is 11.7 Å². The summed E-state index contributed by atoms with van der Waals surface area (Å²) in [5.41, 5.74) is 3.14. The molecule has 7 heteroatoms. The summed E-state index contributed by atoms with van der Waals surface area (Å²) < 4.78 is 1.77. The smallest absolute Gasteiger partial charge is 0.242 e. The molecule has 0 unspecified atom stereocenters. The third-order valence-electron chi connectivity index (χ3n) is 4.11. The summed E-state index contributed by atoms with van der Waals surface area (Å²) in [5, 5.41) is 12.5. The standard InChI is InChI=1S/C17H20N4OS2/c1-11-12(2)20-21(13(11)3)10-16(22)19-15(17-18-6-8-24-17)9-14-5-4-7-23-14/h4-8,15H,9-10H2,1-3H3,(H,19,22)/t15-/m0/s1. The zero-order valence-corrected chi connectivity index (χ0v) is 15.6. The summed E-state index contributed by atoms with van der Waals surface area (Å²) >= 11 is 3.26. The summed E-state index contributed by atoms with van der Waals surface area (Å²) in [5.74, 6) is -0.0441. The Kier molecular flexibility index (Phi) is 5.11. The van der Waals surface area contributed by atoms with Crippen molar-refractivity contribution in [2.75, 3.05) is 0 Å². The van der Waals surface area contributed by atoms with Crippen LogP contribution in [0.5, 0.6) is 0 Å². The maximum absolute atomic E-state index is 12.5. The number of rotatable bonds is 6. The minimum absolute atomic E-state index is 0.0441. The number of aromatic nitrogens is 3. The number of thiophene rings is 1. The SMILES string of the molecule is Cc1nn(CC(=O)N[C@@H](Cc2cccs2)c2nccs2)c(C)c1C. The molecular formula is C17H20N4OS2. The molecule has 3 aromatic heterocycles. The minimum Gasteiger partial charge on any atom is -0.345 e. The highest BCUT2D eigenvalue weighted by atomic mass is 32.1. The Bertz CT molecular complexity index is 806. The molecule has 0 saturated heterocycles. The summed E-state index contributed by atoms with van der Waals surface area (Å²) in [4.78, 5) is 18.1. The van der Waals surface area contributed by atoms with Crippen molar-refractivity contribution >= 4 is 28.6 Å². The average Bonchev–Trinajstić information content (AvgIpc) is 3.28. The van der Waals surface area contributed by atoms with E-state index in [-0.39, 0.29) is 18.5 Å². The molecule has 1 N–H and O–H groups in total. The highest BCUT2D eigenvalue weighted by molar-refractivity contribution is 7.10. The number of thiazole rings is 1. The molecule has 0 aliphatic heterocycles. The third-order valence-corrected chi connectivity index (χ3v) is 5.89. The van der Waals surface area contributed by atoms with Crippen molar-refractivity contribution in [1.82, 2.24) is 20.1 Å². The van der Waals surface area contributed by atoms with Crippen LogP contribution in [0, 0.1) is 20.8 Å². The van der Waals surface area contributed by atoms with Crippen LogP contribution in [-0.2, 0) is 17.8 Å². The van der Waals surface area contributed by atoms with E-state index in [2.05, 4.69) is 26.8 Å². The molecule has 3 heterocycles. The van der Waals surface area contributed by atoms with E-state index in [1.165, 1.54) is 4.88 Å². The predicted octanol–water partition coefficient (Wildman–Crippen LogP) is 3.43. The van der Waals surface area contributed by atoms with Crippen molar-refractivity contribution in [2.24, 2.45) is 0 Å². The van der Waals surface area contributed by atoms with Gasteiger partial charge in [-0.05, 0) is 37.8 Å². The van der Waals surface area contributed by atoms with Gasteiger partial charge in [-0.25, -0.2) is 4.98 Å². The first kappa shape index (κ1) is 16.9. The predicted molar refractivity (Wildman–Crippen MR) is 97.5 cm³/mol. The number of hydrogen-bond donors (Lipinski definition) is 1. The fourth-order valence-corrected chi connectivity index (χ4v) is 3.99. The van der Waals surface area contributed by atoms with Gasteiger partial charge in [0.1, 0.15) is 11.6 Å². The van der Waals surface area contributed by atoms with Crippen LogP contribution in [0.3, 0.4) is 0 Å². The van der Waals surface area contributed by atoms with Crippen molar-refractivity contribution in [3.8, 4) is 0 Å². The van der Waals surface area contributed by atoms with Crippen molar-refractivity contribution in [3.63, 3.8) is 0 Å². The molecule has 126 valence electrons. The van der Waals surface area contributed by atoms with E-state index in [0.717, 1.165) is 28.4 Å². The molecule has 24 heavy (non-hydrogen) atoms. The lowest BCUT2D eigenvalue weighted by atomic mass is 10.2. The Morgan fingerprint density at radius 3 is 2.71 bits per heavy atom. The monoisotopic (exact) mass is 360 g/mol. The number of amides is 1. The van der Waals surface area contributed by atoms with E-state index in [4.69, 9.17) is 0 Å². The lowest BCUT2D eigenvalue weighted by Crippen LogP contribution is -2.33. The van der Waals surface area contributed by atoms with Crippen LogP contribution < -0.4 is 5.32 Å². The second-order valence-corrected chi connectivity index (χ2v) is 7.69. The molecule has 5 nitrogen and oxygen atoms in total. The lowest BCUT2D eigenvalue weighted by molar-refractivity contribution is -0.122. The summed E-state index contributed by atoms with van der Waals surface area (Å²) in [7, 11) is 0. The molecular weight excluding hydrogens is 340 g/mol. The van der Waals surface area contributed by atoms with E-state index in [1.807, 2.05) is 32.2 Å². The number of aryl methyl sites for hydroxylation is 1. The van der Waals surface area contributed by atoms with E-state index in [9.17, 15) is 4.79 Å². The number of carbonyl (C=O) groups excluding carboxylic acids is 1. The number of nitrogens with one attached hydrogen (secondary N) is 1. The molecule has 3 rings (SSSR count). The molecule has 0 aliphatic carbocycles. The van der Waals surface area contributed by atoms with Crippen molar-refractivity contribution < 1.29 is 4.79 Å². The fraction of sp³-hybridized carbons (Fsp3) is 0.353. The number of carbonyl (C=O) groups is 1. The Labute approximate surface area is 149 Å². The Balaban J connectivity index is 1.72. The second-order valence-electron chi connectivity index (χ2n) is 5.73. The minimum atomic E-state index is -0.103. The number of nitrogens with zero attached hydrogens (tertiary/aromatic N) is 3. The van der Waals surface area contributed by atoms with Crippen molar-refractivity contribution in [1.29, 1.82) is 0 Å². The molecule has 1 atom stereocenters. The molecule has 0 spiro atoms. The van der Waals surface area contributed by atoms with Crippen LogP contribution in [0.4, 0.5) is 0 Å². The zero-order valence-electron chi connectivity index (χ0n) is 13.9. The number of hydrogen-bond acceptors (Lipinski definition) is 5. The topological polar surface area (TPSA) is 59.8 Å². The molecule has 0 saturated carbocycles. The highest BCUT2D eigenvalue weighted by Crippen LogP contribution is 2.23. The van der Waals surface area contributed by atoms with Crippen LogP contribution >= 0.6 is 22.7 Å². The fourth-order valence-electron chi connectivity index (χ4n) is 2.55. The van der Waals surface area contributed by atoms with Gasteiger partial charge >= 0.3 is 0 Å². The molecule has 0 bridgehead atoms. The van der Waals surface area contributed by atoms with Gasteiger partial charge in [0.25, 0.3) is 0 Å². The van der Waals surface area contributed by atoms with E-state index >= 15 is 0 Å². The zero-order chi connectivity index (χ0) is 17.1. The summed E-state index contributed by atoms with van der Waals surface area (Å²) in [6.07, 6.45) is 2.53. The average molecular weight is 361 g/mol. The maximum atomic E-state index is 12.5.